The molecule has 0 spiro atoms. The summed E-state index contributed by atoms with van der Waals surface area (Å²) in [6, 6.07) is 12.7. The molecule has 0 saturated carbocycles. The van der Waals surface area contributed by atoms with Gasteiger partial charge in [0.25, 0.3) is 0 Å². The van der Waals surface area contributed by atoms with Crippen LogP contribution in [0.2, 0.25) is 0 Å². The van der Waals surface area contributed by atoms with Gasteiger partial charge in [0.15, 0.2) is 0 Å². The first-order valence-electron chi connectivity index (χ1n) is 9.87. The lowest BCUT2D eigenvalue weighted by molar-refractivity contribution is 0.104. The molecule has 0 unspecified atom stereocenters. The van der Waals surface area contributed by atoms with Crippen molar-refractivity contribution in [3.05, 3.63) is 54.1 Å². The van der Waals surface area contributed by atoms with Crippen molar-refractivity contribution >= 4 is 27.9 Å². The molecular formula is C21H25N3O6S. The lowest BCUT2D eigenvalue weighted by atomic mass is 10.2. The molecule has 1 fully saturated rings. The summed E-state index contributed by atoms with van der Waals surface area (Å²) in [5.41, 5.74) is 1.51. The van der Waals surface area contributed by atoms with Crippen LogP contribution in [0.5, 0.6) is 5.75 Å². The molecular weight excluding hydrogens is 422 g/mol. The highest BCUT2D eigenvalue weighted by Gasteiger charge is 2.30. The lowest BCUT2D eigenvalue weighted by Crippen LogP contribution is -2.51. The number of hydrogen-bond acceptors (Lipinski definition) is 6. The first kappa shape index (κ1) is 22.6. The standard InChI is InChI=1S/C21H25N3O6S/c1-3-29-21(26)30-18-8-6-17(7-9-18)22-20(25)23-12-14-24(15-13-23)31(27,28)19-10-4-16(2)5-11-19/h4-11H,3,12-15H2,1-2H3,(H,22,25). The lowest BCUT2D eigenvalue weighted by Gasteiger charge is -2.34. The van der Waals surface area contributed by atoms with Crippen LogP contribution in [-0.2, 0) is 14.8 Å². The van der Waals surface area contributed by atoms with Crippen molar-refractivity contribution in [2.75, 3.05) is 38.1 Å². The Morgan fingerprint density at radius 1 is 0.968 bits per heavy atom. The van der Waals surface area contributed by atoms with Gasteiger partial charge in [-0.2, -0.15) is 4.31 Å². The number of rotatable bonds is 5. The molecule has 0 bridgehead atoms. The number of amides is 2. The van der Waals surface area contributed by atoms with Crippen LogP contribution in [0.25, 0.3) is 0 Å². The number of nitrogens with one attached hydrogen (secondary N) is 1. The van der Waals surface area contributed by atoms with Crippen LogP contribution in [0.4, 0.5) is 15.3 Å². The second kappa shape index (κ2) is 9.80. The zero-order valence-electron chi connectivity index (χ0n) is 17.4. The van der Waals surface area contributed by atoms with Crippen LogP contribution in [0.1, 0.15) is 12.5 Å². The number of hydrogen-bond donors (Lipinski definition) is 1. The summed E-state index contributed by atoms with van der Waals surface area (Å²) < 4.78 is 36.6. The number of aryl methyl sites for hydroxylation is 1. The maximum Gasteiger partial charge on any atom is 0.513 e. The number of benzene rings is 2. The molecule has 2 aromatic carbocycles. The van der Waals surface area contributed by atoms with Gasteiger partial charge >= 0.3 is 12.2 Å². The quantitative estimate of drug-likeness (QED) is 0.558. The number of urea groups is 1. The van der Waals surface area contributed by atoms with E-state index >= 15 is 0 Å². The number of anilines is 1. The fourth-order valence-electron chi connectivity index (χ4n) is 3.04. The summed E-state index contributed by atoms with van der Waals surface area (Å²) in [5, 5.41) is 2.76. The minimum absolute atomic E-state index is 0.215. The molecule has 1 aliphatic rings. The van der Waals surface area contributed by atoms with E-state index in [0.717, 1.165) is 5.56 Å². The minimum atomic E-state index is -3.58. The molecule has 2 aromatic rings. The largest absolute Gasteiger partial charge is 0.513 e. The number of nitrogens with zero attached hydrogens (tertiary/aromatic N) is 2. The van der Waals surface area contributed by atoms with Crippen molar-refractivity contribution in [1.29, 1.82) is 0 Å². The molecule has 1 saturated heterocycles. The fourth-order valence-corrected chi connectivity index (χ4v) is 4.47. The van der Waals surface area contributed by atoms with E-state index < -0.39 is 16.2 Å². The van der Waals surface area contributed by atoms with E-state index in [9.17, 15) is 18.0 Å². The Morgan fingerprint density at radius 3 is 2.16 bits per heavy atom. The minimum Gasteiger partial charge on any atom is -0.434 e. The highest BCUT2D eigenvalue weighted by Crippen LogP contribution is 2.20. The molecule has 31 heavy (non-hydrogen) atoms. The molecule has 166 valence electrons. The zero-order chi connectivity index (χ0) is 22.4. The van der Waals surface area contributed by atoms with Crippen LogP contribution in [0, 0.1) is 6.92 Å². The fraction of sp³-hybridized carbons (Fsp3) is 0.333. The Morgan fingerprint density at radius 2 is 1.58 bits per heavy atom. The molecule has 0 aliphatic carbocycles. The molecule has 1 heterocycles. The molecule has 2 amide bonds. The molecule has 0 aromatic heterocycles. The van der Waals surface area contributed by atoms with Gasteiger partial charge in [-0.25, -0.2) is 18.0 Å². The zero-order valence-corrected chi connectivity index (χ0v) is 18.2. The van der Waals surface area contributed by atoms with Crippen molar-refractivity contribution in [1.82, 2.24) is 9.21 Å². The van der Waals surface area contributed by atoms with Gasteiger partial charge in [0.2, 0.25) is 10.0 Å². The van der Waals surface area contributed by atoms with Gasteiger partial charge in [-0.1, -0.05) is 17.7 Å². The molecule has 3 rings (SSSR count). The summed E-state index contributed by atoms with van der Waals surface area (Å²) in [4.78, 5) is 25.6. The maximum atomic E-state index is 12.8. The summed E-state index contributed by atoms with van der Waals surface area (Å²) in [7, 11) is -3.58. The Bertz CT molecular complexity index is 1010. The van der Waals surface area contributed by atoms with E-state index in [-0.39, 0.29) is 43.7 Å². The van der Waals surface area contributed by atoms with E-state index in [1.807, 2.05) is 6.92 Å². The van der Waals surface area contributed by atoms with Crippen LogP contribution in [-0.4, -0.2) is 62.6 Å². The van der Waals surface area contributed by atoms with Crippen LogP contribution in [0.3, 0.4) is 0 Å². The SMILES string of the molecule is CCOC(=O)Oc1ccc(NC(=O)N2CCN(S(=O)(=O)c3ccc(C)cc3)CC2)cc1. The number of carbonyl (C=O) groups excluding carboxylic acids is 2. The summed E-state index contributed by atoms with van der Waals surface area (Å²) >= 11 is 0. The summed E-state index contributed by atoms with van der Waals surface area (Å²) in [6.45, 7) is 4.78. The third-order valence-corrected chi connectivity index (χ3v) is 6.67. The second-order valence-corrected chi connectivity index (χ2v) is 8.88. The Hall–Kier alpha value is -3.11. The number of sulfonamides is 1. The van der Waals surface area contributed by atoms with Crippen molar-refractivity contribution in [2.45, 2.75) is 18.7 Å². The first-order valence-corrected chi connectivity index (χ1v) is 11.3. The summed E-state index contributed by atoms with van der Waals surface area (Å²) in [5.74, 6) is 0.298. The maximum absolute atomic E-state index is 12.8. The molecule has 1 N–H and O–H groups in total. The van der Waals surface area contributed by atoms with Crippen LogP contribution >= 0.6 is 0 Å². The molecule has 0 atom stereocenters. The average molecular weight is 448 g/mol. The smallest absolute Gasteiger partial charge is 0.434 e. The third-order valence-electron chi connectivity index (χ3n) is 4.75. The van der Waals surface area contributed by atoms with Crippen LogP contribution < -0.4 is 10.1 Å². The highest BCUT2D eigenvalue weighted by atomic mass is 32.2. The normalized spacial score (nSPS) is 14.7. The average Bonchev–Trinajstić information content (AvgIpc) is 2.75. The Balaban J connectivity index is 1.53. The van der Waals surface area contributed by atoms with E-state index in [1.165, 1.54) is 4.31 Å². The van der Waals surface area contributed by atoms with Crippen molar-refractivity contribution in [3.8, 4) is 5.75 Å². The van der Waals surface area contributed by atoms with Crippen LogP contribution in [0.15, 0.2) is 53.4 Å². The molecule has 10 heteroatoms. The van der Waals surface area contributed by atoms with Crippen molar-refractivity contribution in [2.24, 2.45) is 0 Å². The van der Waals surface area contributed by atoms with E-state index in [2.05, 4.69) is 5.32 Å². The third kappa shape index (κ3) is 5.74. The summed E-state index contributed by atoms with van der Waals surface area (Å²) in [6.07, 6.45) is -0.794. The van der Waals surface area contributed by atoms with Crippen molar-refractivity contribution in [3.63, 3.8) is 0 Å². The molecule has 1 aliphatic heterocycles. The number of piperazine rings is 1. The van der Waals surface area contributed by atoms with Gasteiger partial charge in [-0.3, -0.25) is 0 Å². The highest BCUT2D eigenvalue weighted by molar-refractivity contribution is 7.89. The monoisotopic (exact) mass is 447 g/mol. The Labute approximate surface area is 181 Å². The first-order chi connectivity index (χ1) is 14.8. The van der Waals surface area contributed by atoms with E-state index in [0.29, 0.717) is 11.4 Å². The van der Waals surface area contributed by atoms with Gasteiger partial charge in [0.05, 0.1) is 11.5 Å². The van der Waals surface area contributed by atoms with Crippen molar-refractivity contribution < 1.29 is 27.5 Å². The van der Waals surface area contributed by atoms with Gasteiger partial charge < -0.3 is 19.7 Å². The van der Waals surface area contributed by atoms with Gasteiger partial charge in [0, 0.05) is 31.9 Å². The van der Waals surface area contributed by atoms with Gasteiger partial charge in [-0.05, 0) is 50.2 Å². The van der Waals surface area contributed by atoms with E-state index in [4.69, 9.17) is 9.47 Å². The van der Waals surface area contributed by atoms with Gasteiger partial charge in [0.1, 0.15) is 5.75 Å². The molecule has 9 nitrogen and oxygen atoms in total. The second-order valence-electron chi connectivity index (χ2n) is 6.94. The predicted octanol–water partition coefficient (Wildman–Crippen LogP) is 3.07. The Kier molecular flexibility index (Phi) is 7.13. The molecule has 0 radical (unpaired) electrons. The topological polar surface area (TPSA) is 105 Å². The number of carbonyl (C=O) groups is 2. The van der Waals surface area contributed by atoms with E-state index in [1.54, 1.807) is 60.4 Å². The predicted molar refractivity (Wildman–Crippen MR) is 115 cm³/mol. The number of ether oxygens (including phenoxy) is 2. The van der Waals surface area contributed by atoms with Gasteiger partial charge in [-0.15, -0.1) is 0 Å².